The third-order valence-corrected chi connectivity index (χ3v) is 24.7. The van der Waals surface area contributed by atoms with Crippen molar-refractivity contribution in [2.75, 3.05) is 49.7 Å². The zero-order chi connectivity index (χ0) is 77.9. The monoisotopic (exact) mass is 1540 g/mol. The van der Waals surface area contributed by atoms with Gasteiger partial charge in [-0.1, -0.05) is 196 Å². The van der Waals surface area contributed by atoms with Crippen LogP contribution in [0.25, 0.3) is 90.9 Å². The fourth-order valence-electron chi connectivity index (χ4n) is 17.2. The fraction of sp³-hybridized carbons (Fsp3) is 0.250. The first-order valence-electron chi connectivity index (χ1n) is 38.3. The first-order chi connectivity index (χ1) is 54.0. The molecule has 0 saturated heterocycles. The van der Waals surface area contributed by atoms with Crippen molar-refractivity contribution in [2.24, 2.45) is 23.7 Å². The van der Waals surface area contributed by atoms with Crippen LogP contribution in [0.3, 0.4) is 0 Å². The van der Waals surface area contributed by atoms with E-state index < -0.39 is 21.7 Å². The van der Waals surface area contributed by atoms with E-state index in [1.54, 1.807) is 28.4 Å². The number of rotatable bonds is 20. The van der Waals surface area contributed by atoms with Gasteiger partial charge in [0.1, 0.15) is 23.0 Å². The van der Waals surface area contributed by atoms with E-state index in [1.165, 1.54) is 0 Å². The van der Waals surface area contributed by atoms with E-state index in [0.717, 1.165) is 44.5 Å². The molecule has 6 aliphatic rings. The van der Waals surface area contributed by atoms with Crippen molar-refractivity contribution in [3.8, 4) is 67.5 Å². The Hall–Kier alpha value is -12.1. The van der Waals surface area contributed by atoms with Crippen molar-refractivity contribution in [1.82, 2.24) is 19.9 Å². The van der Waals surface area contributed by atoms with Crippen LogP contribution < -0.4 is 50.2 Å². The smallest absolute Gasteiger partial charge is 0.657 e. The maximum atomic E-state index is 15.4. The average molecular weight is 1540 g/mol. The van der Waals surface area contributed by atoms with Crippen LogP contribution in [0.5, 0.6) is 23.0 Å². The van der Waals surface area contributed by atoms with E-state index in [0.29, 0.717) is 161 Å². The molecule has 11 aromatic rings. The number of carbonyl (C=O) groups excluding carboxylic acids is 4. The van der Waals surface area contributed by atoms with Crippen LogP contribution in [-0.2, 0) is 57.6 Å². The van der Waals surface area contributed by atoms with Gasteiger partial charge < -0.3 is 50.2 Å². The maximum Gasteiger partial charge on any atom is 2.00 e. The van der Waals surface area contributed by atoms with Crippen LogP contribution in [0.15, 0.2) is 194 Å². The topological polar surface area (TPSA) is 207 Å². The van der Waals surface area contributed by atoms with Crippen LogP contribution in [0.1, 0.15) is 121 Å². The molecule has 1 radical (unpaired) electrons. The van der Waals surface area contributed by atoms with Gasteiger partial charge in [0, 0.05) is 67.6 Å². The van der Waals surface area contributed by atoms with Crippen molar-refractivity contribution in [3.63, 3.8) is 0 Å². The Kier molecular flexibility index (Phi) is 19.2. The van der Waals surface area contributed by atoms with Gasteiger partial charge in [-0.15, -0.1) is 22.1 Å². The van der Waals surface area contributed by atoms with E-state index in [4.69, 9.17) is 38.9 Å². The SMILES string of the molecule is COc1cccc(OC)c1-c1c2nc(c(-c3c(NC(=O)[C@@H]4C[C@@]4(C)c4ccc(C)cc4)cccc3NC(=O)[C@@H]3C[C@@]3(C)c3ccc(C)cc3)c3ccc([n-]3)c(-c3c(OC)cccc3OC)c3nc(c(-c4c(NC(=O)[C@@H]5C[C@@]5(C)c5ccc(C)cc5)cccc4NC(=O)[C@@H]4C[C@@]4(C)c4ccc(C)cc4)c4ccc1[n-]4)C=C3)C=C2.[Co+2]. The molecular formula is C96H88CoN8O8. The first kappa shape index (κ1) is 75.0. The van der Waals surface area contributed by atoms with E-state index in [9.17, 15) is 0 Å². The number of hydrogen-bond acceptors (Lipinski definition) is 10. The summed E-state index contributed by atoms with van der Waals surface area (Å²) < 4.78 is 25.2. The molecular weight excluding hydrogens is 1450 g/mol. The Morgan fingerprint density at radius 3 is 0.743 bits per heavy atom. The van der Waals surface area contributed by atoms with Crippen molar-refractivity contribution >= 4 is 92.7 Å². The molecule has 4 saturated carbocycles. The molecule has 0 spiro atoms. The molecule has 5 heterocycles. The number of anilines is 4. The van der Waals surface area contributed by atoms with Crippen LogP contribution in [0, 0.1) is 51.4 Å². The summed E-state index contributed by atoms with van der Waals surface area (Å²) in [5.74, 6) is -0.397. The Morgan fingerprint density at radius 1 is 0.310 bits per heavy atom. The molecule has 4 N–H and O–H groups in total. The molecule has 4 amide bonds. The molecule has 16 nitrogen and oxygen atoms in total. The summed E-state index contributed by atoms with van der Waals surface area (Å²) in [6, 6.07) is 63.6. The molecule has 4 aliphatic carbocycles. The number of hydrogen-bond donors (Lipinski definition) is 4. The number of ether oxygens (including phenoxy) is 4. The Balaban J connectivity index is 0.00000964. The summed E-state index contributed by atoms with van der Waals surface area (Å²) in [6.45, 7) is 16.8. The summed E-state index contributed by atoms with van der Waals surface area (Å²) in [5.41, 5.74) is 16.4. The van der Waals surface area contributed by atoms with Crippen LogP contribution >= 0.6 is 0 Å². The van der Waals surface area contributed by atoms with Crippen molar-refractivity contribution in [3.05, 3.63) is 261 Å². The van der Waals surface area contributed by atoms with Gasteiger partial charge in [0.2, 0.25) is 23.6 Å². The molecule has 3 aromatic heterocycles. The van der Waals surface area contributed by atoms with Crippen LogP contribution in [0.4, 0.5) is 22.7 Å². The molecule has 17 heteroatoms. The fourth-order valence-corrected chi connectivity index (χ4v) is 17.2. The number of fused-ring (bicyclic) bond motifs is 8. The zero-order valence-corrected chi connectivity index (χ0v) is 66.4. The number of carbonyl (C=O) groups is 4. The summed E-state index contributed by atoms with van der Waals surface area (Å²) in [7, 11) is 6.43. The molecule has 2 aliphatic heterocycles. The standard InChI is InChI=1S/C96H90N8O8.Co/c1-53-25-33-57(34-26-53)93(5)49-61(93)89(105)101-65-17-13-18-66(102-90(106)62-50-94(62,6)58-35-27-54(2)28-36-58)81(65)83-69-41-45-73(97-69)85(87-77(109-9)21-15-22-78(87)110-10)75-47-43-71(99-75)84(72-44-48-76(100-72)86(74-46-42-70(83)98-74)88-79(111-11)23-16-24-80(88)112-12)82-67(103-91(107)63-51-95(63,7)59-37-29-55(3)30-38-59)19-14-20-68(82)104-92(108)64-52-96(64,8)60-39-31-56(4)32-40-60;/h13-48,61-64H,49-52H2,1-12H3,(H6,97,98,99,100,101,102,103,104,105,106,107,108);/q;+2/p-2/t61-,62-,63-,64-,93-,94-,95-,96-;/m0./s1. The third kappa shape index (κ3) is 13.4. The molecule has 0 unspecified atom stereocenters. The Morgan fingerprint density at radius 2 is 0.522 bits per heavy atom. The Labute approximate surface area is 668 Å². The minimum atomic E-state index is -0.436. The van der Waals surface area contributed by atoms with Gasteiger partial charge in [-0.3, -0.25) is 19.2 Å². The van der Waals surface area contributed by atoms with E-state index >= 15 is 19.2 Å². The van der Waals surface area contributed by atoms with Crippen LogP contribution in [-0.4, -0.2) is 62.0 Å². The summed E-state index contributed by atoms with van der Waals surface area (Å²) in [6.07, 6.45) is 10.2. The zero-order valence-electron chi connectivity index (χ0n) is 65.3. The number of nitrogens with one attached hydrogen (secondary N) is 4. The minimum Gasteiger partial charge on any atom is -0.657 e. The third-order valence-electron chi connectivity index (χ3n) is 24.7. The van der Waals surface area contributed by atoms with Gasteiger partial charge in [0.05, 0.1) is 85.1 Å². The van der Waals surface area contributed by atoms with Gasteiger partial charge in [0.25, 0.3) is 0 Å². The molecule has 17 rings (SSSR count). The second-order valence-corrected chi connectivity index (χ2v) is 32.0. The quantitative estimate of drug-likeness (QED) is 0.0562. The normalized spacial score (nSPS) is 21.3. The number of aryl methyl sites for hydroxylation is 4. The molecule has 8 atom stereocenters. The van der Waals surface area contributed by atoms with Crippen molar-refractivity contribution < 1.29 is 54.9 Å². The Bertz CT molecular complexity index is 5360. The largest absolute Gasteiger partial charge is 2.00 e. The van der Waals surface area contributed by atoms with Crippen molar-refractivity contribution in [1.29, 1.82) is 0 Å². The number of amides is 4. The molecule has 113 heavy (non-hydrogen) atoms. The average Bonchev–Trinajstić information content (AvgIpc) is 1.54. The molecule has 4 fully saturated rings. The predicted octanol–water partition coefficient (Wildman–Crippen LogP) is 19.5. The van der Waals surface area contributed by atoms with E-state index in [2.05, 4.69) is 174 Å². The second kappa shape index (κ2) is 28.9. The summed E-state index contributed by atoms with van der Waals surface area (Å²) in [4.78, 5) is 84.3. The number of aromatic nitrogens is 4. The van der Waals surface area contributed by atoms with Gasteiger partial charge in [-0.25, -0.2) is 9.97 Å². The van der Waals surface area contributed by atoms with Crippen molar-refractivity contribution in [2.45, 2.75) is 103 Å². The van der Waals surface area contributed by atoms with Gasteiger partial charge in [-0.05, 0) is 160 Å². The van der Waals surface area contributed by atoms with E-state index in [-0.39, 0.29) is 64.1 Å². The van der Waals surface area contributed by atoms with Crippen LogP contribution in [0.2, 0.25) is 0 Å². The maximum absolute atomic E-state index is 15.4. The summed E-state index contributed by atoms with van der Waals surface area (Å²) in [5, 5.41) is 13.8. The summed E-state index contributed by atoms with van der Waals surface area (Å²) >= 11 is 0. The van der Waals surface area contributed by atoms with Gasteiger partial charge in [0.15, 0.2) is 0 Å². The minimum absolute atomic E-state index is 0. The molecule has 8 bridgehead atoms. The second-order valence-electron chi connectivity index (χ2n) is 32.0. The predicted molar refractivity (Wildman–Crippen MR) is 446 cm³/mol. The number of benzene rings is 8. The first-order valence-corrected chi connectivity index (χ1v) is 38.3. The number of nitrogens with zero attached hydrogens (tertiary/aromatic N) is 4. The van der Waals surface area contributed by atoms with Gasteiger partial charge in [-0.2, -0.15) is 0 Å². The molecule has 569 valence electrons. The van der Waals surface area contributed by atoms with E-state index in [1.807, 2.05) is 121 Å². The molecule has 8 aromatic carbocycles. The van der Waals surface area contributed by atoms with Gasteiger partial charge >= 0.3 is 16.8 Å². The number of methoxy groups -OCH3 is 4.